The second-order valence-electron chi connectivity index (χ2n) is 4.13. The highest BCUT2D eigenvalue weighted by molar-refractivity contribution is 5.83. The molecule has 3 N–H and O–H groups in total. The normalized spacial score (nSPS) is 12.1. The lowest BCUT2D eigenvalue weighted by Gasteiger charge is -2.12. The number of nitrogens with one attached hydrogen (secondary N) is 1. The van der Waals surface area contributed by atoms with Gasteiger partial charge < -0.3 is 15.5 Å². The van der Waals surface area contributed by atoms with Crippen molar-refractivity contribution in [2.45, 2.75) is 57.9 Å². The number of aliphatic hydroxyl groups is 1. The fourth-order valence-electron chi connectivity index (χ4n) is 1.54. The summed E-state index contributed by atoms with van der Waals surface area (Å²) >= 11 is 0. The molecule has 17 heavy (non-hydrogen) atoms. The minimum Gasteiger partial charge on any atom is -0.480 e. The van der Waals surface area contributed by atoms with Gasteiger partial charge in [-0.15, -0.1) is 0 Å². The van der Waals surface area contributed by atoms with Crippen molar-refractivity contribution in [1.29, 1.82) is 0 Å². The third-order valence-electron chi connectivity index (χ3n) is 2.56. The Bertz CT molecular complexity index is 231. The standard InChI is InChI=1S/C12H23NO4/c1-2-3-4-5-6-7-11(15)13-10(8-9-14)12(16)17/h10,14H,2-9H2,1H3,(H,13,15)(H,16,17). The number of amides is 1. The molecule has 0 aliphatic rings. The van der Waals surface area contributed by atoms with Gasteiger partial charge in [0.05, 0.1) is 0 Å². The number of carbonyl (C=O) groups is 2. The molecule has 0 heterocycles. The third-order valence-corrected chi connectivity index (χ3v) is 2.56. The molecule has 0 radical (unpaired) electrons. The van der Waals surface area contributed by atoms with Gasteiger partial charge in [0.25, 0.3) is 0 Å². The number of hydrogen-bond acceptors (Lipinski definition) is 3. The summed E-state index contributed by atoms with van der Waals surface area (Å²) in [6, 6.07) is -0.969. The van der Waals surface area contributed by atoms with Crippen LogP contribution in [0.15, 0.2) is 0 Å². The first kappa shape index (κ1) is 15.9. The summed E-state index contributed by atoms with van der Waals surface area (Å²) in [6.07, 6.45) is 5.64. The summed E-state index contributed by atoms with van der Waals surface area (Å²) in [7, 11) is 0. The predicted octanol–water partition coefficient (Wildman–Crippen LogP) is 1.30. The molecule has 0 aliphatic heterocycles. The van der Waals surface area contributed by atoms with Gasteiger partial charge in [0.15, 0.2) is 0 Å². The van der Waals surface area contributed by atoms with Crippen molar-refractivity contribution in [1.82, 2.24) is 5.32 Å². The number of carboxylic acids is 1. The number of hydrogen-bond donors (Lipinski definition) is 3. The van der Waals surface area contributed by atoms with Crippen LogP contribution in [0, 0.1) is 0 Å². The van der Waals surface area contributed by atoms with E-state index in [9.17, 15) is 9.59 Å². The first-order valence-corrected chi connectivity index (χ1v) is 6.24. The molecular formula is C12H23NO4. The molecule has 0 fully saturated rings. The van der Waals surface area contributed by atoms with Crippen LogP contribution in [0.25, 0.3) is 0 Å². The Morgan fingerprint density at radius 2 is 1.82 bits per heavy atom. The highest BCUT2D eigenvalue weighted by Crippen LogP contribution is 2.05. The summed E-state index contributed by atoms with van der Waals surface area (Å²) in [5.41, 5.74) is 0. The van der Waals surface area contributed by atoms with Gasteiger partial charge in [0.2, 0.25) is 5.91 Å². The second-order valence-corrected chi connectivity index (χ2v) is 4.13. The van der Waals surface area contributed by atoms with Gasteiger partial charge in [-0.2, -0.15) is 0 Å². The Kier molecular flexibility index (Phi) is 9.43. The van der Waals surface area contributed by atoms with Crippen LogP contribution in [0.1, 0.15) is 51.9 Å². The molecule has 0 saturated carbocycles. The van der Waals surface area contributed by atoms with E-state index in [-0.39, 0.29) is 18.9 Å². The van der Waals surface area contributed by atoms with E-state index in [1.807, 2.05) is 0 Å². The number of carbonyl (C=O) groups excluding carboxylic acids is 1. The Balaban J connectivity index is 3.71. The molecule has 0 aliphatic carbocycles. The highest BCUT2D eigenvalue weighted by Gasteiger charge is 2.18. The lowest BCUT2D eigenvalue weighted by Crippen LogP contribution is -2.41. The van der Waals surface area contributed by atoms with Gasteiger partial charge in [-0.25, -0.2) is 4.79 Å². The van der Waals surface area contributed by atoms with Crippen molar-refractivity contribution in [3.63, 3.8) is 0 Å². The molecule has 0 saturated heterocycles. The summed E-state index contributed by atoms with van der Waals surface area (Å²) in [4.78, 5) is 22.1. The van der Waals surface area contributed by atoms with Crippen LogP contribution in [0.4, 0.5) is 0 Å². The molecule has 1 amide bonds. The second kappa shape index (κ2) is 10.1. The average Bonchev–Trinajstić information content (AvgIpc) is 2.28. The van der Waals surface area contributed by atoms with Crippen LogP contribution in [0.2, 0.25) is 0 Å². The van der Waals surface area contributed by atoms with Crippen molar-refractivity contribution >= 4 is 11.9 Å². The Hall–Kier alpha value is -1.10. The van der Waals surface area contributed by atoms with E-state index >= 15 is 0 Å². The lowest BCUT2D eigenvalue weighted by molar-refractivity contribution is -0.142. The lowest BCUT2D eigenvalue weighted by atomic mass is 10.1. The van der Waals surface area contributed by atoms with Crippen molar-refractivity contribution < 1.29 is 19.8 Å². The first-order chi connectivity index (χ1) is 8.11. The molecule has 0 aromatic heterocycles. The largest absolute Gasteiger partial charge is 0.480 e. The Morgan fingerprint density at radius 3 is 2.35 bits per heavy atom. The average molecular weight is 245 g/mol. The van der Waals surface area contributed by atoms with E-state index in [0.29, 0.717) is 6.42 Å². The fourth-order valence-corrected chi connectivity index (χ4v) is 1.54. The molecule has 1 atom stereocenters. The number of carboxylic acid groups (broad SMARTS) is 1. The first-order valence-electron chi connectivity index (χ1n) is 6.24. The summed E-state index contributed by atoms with van der Waals surface area (Å²) in [6.45, 7) is 1.88. The maximum absolute atomic E-state index is 11.4. The van der Waals surface area contributed by atoms with Crippen LogP contribution in [-0.2, 0) is 9.59 Å². The zero-order valence-corrected chi connectivity index (χ0v) is 10.4. The molecule has 0 spiro atoms. The van der Waals surface area contributed by atoms with Crippen LogP contribution in [0.5, 0.6) is 0 Å². The van der Waals surface area contributed by atoms with Gasteiger partial charge in [0, 0.05) is 19.4 Å². The van der Waals surface area contributed by atoms with Crippen molar-refractivity contribution in [3.05, 3.63) is 0 Å². The Labute approximate surface area is 102 Å². The molecule has 0 aromatic rings. The van der Waals surface area contributed by atoms with Crippen molar-refractivity contribution in [2.24, 2.45) is 0 Å². The van der Waals surface area contributed by atoms with Crippen LogP contribution >= 0.6 is 0 Å². The summed E-state index contributed by atoms with van der Waals surface area (Å²) in [5.74, 6) is -1.35. The molecule has 5 nitrogen and oxygen atoms in total. The van der Waals surface area contributed by atoms with E-state index in [0.717, 1.165) is 25.7 Å². The molecule has 5 heteroatoms. The monoisotopic (exact) mass is 245 g/mol. The highest BCUT2D eigenvalue weighted by atomic mass is 16.4. The number of rotatable bonds is 10. The zero-order chi connectivity index (χ0) is 13.1. The predicted molar refractivity (Wildman–Crippen MR) is 64.6 cm³/mol. The summed E-state index contributed by atoms with van der Waals surface area (Å²) in [5, 5.41) is 19.8. The molecular weight excluding hydrogens is 222 g/mol. The summed E-state index contributed by atoms with van der Waals surface area (Å²) < 4.78 is 0. The number of aliphatic hydroxyl groups excluding tert-OH is 1. The third kappa shape index (κ3) is 8.68. The zero-order valence-electron chi connectivity index (χ0n) is 10.4. The maximum atomic E-state index is 11.4. The molecule has 0 aromatic carbocycles. The minimum absolute atomic E-state index is 0.0525. The van der Waals surface area contributed by atoms with E-state index < -0.39 is 12.0 Å². The number of aliphatic carboxylic acids is 1. The van der Waals surface area contributed by atoms with Gasteiger partial charge in [-0.3, -0.25) is 4.79 Å². The van der Waals surface area contributed by atoms with Crippen molar-refractivity contribution in [3.8, 4) is 0 Å². The quantitative estimate of drug-likeness (QED) is 0.506. The van der Waals surface area contributed by atoms with E-state index in [2.05, 4.69) is 12.2 Å². The Morgan fingerprint density at radius 1 is 1.18 bits per heavy atom. The molecule has 0 rings (SSSR count). The van der Waals surface area contributed by atoms with E-state index in [1.54, 1.807) is 0 Å². The number of unbranched alkanes of at least 4 members (excludes halogenated alkanes) is 4. The topological polar surface area (TPSA) is 86.6 Å². The van der Waals surface area contributed by atoms with Gasteiger partial charge in [-0.05, 0) is 6.42 Å². The SMILES string of the molecule is CCCCCCCC(=O)NC(CCO)C(=O)O. The van der Waals surface area contributed by atoms with Crippen molar-refractivity contribution in [2.75, 3.05) is 6.61 Å². The minimum atomic E-state index is -1.10. The van der Waals surface area contributed by atoms with E-state index in [1.165, 1.54) is 6.42 Å². The van der Waals surface area contributed by atoms with Gasteiger partial charge in [0.1, 0.15) is 6.04 Å². The maximum Gasteiger partial charge on any atom is 0.326 e. The van der Waals surface area contributed by atoms with Crippen LogP contribution in [-0.4, -0.2) is 34.7 Å². The molecule has 0 bridgehead atoms. The van der Waals surface area contributed by atoms with Gasteiger partial charge >= 0.3 is 5.97 Å². The molecule has 100 valence electrons. The fraction of sp³-hybridized carbons (Fsp3) is 0.833. The van der Waals surface area contributed by atoms with E-state index in [4.69, 9.17) is 10.2 Å². The molecule has 1 unspecified atom stereocenters. The smallest absolute Gasteiger partial charge is 0.326 e. The van der Waals surface area contributed by atoms with Crippen LogP contribution in [0.3, 0.4) is 0 Å². The van der Waals surface area contributed by atoms with Crippen LogP contribution < -0.4 is 5.32 Å². The van der Waals surface area contributed by atoms with Gasteiger partial charge in [-0.1, -0.05) is 32.6 Å².